The van der Waals surface area contributed by atoms with Crippen LogP contribution in [0.5, 0.6) is 0 Å². The number of carbonyl (C=O) groups excluding carboxylic acids is 3. The number of nitrogens with zero attached hydrogens (tertiary/aromatic N) is 1. The van der Waals surface area contributed by atoms with E-state index in [9.17, 15) is 14.4 Å². The molecule has 8 nitrogen and oxygen atoms in total. The predicted molar refractivity (Wildman–Crippen MR) is 111 cm³/mol. The first-order chi connectivity index (χ1) is 14.3. The summed E-state index contributed by atoms with van der Waals surface area (Å²) in [6.07, 6.45) is 1.60. The normalized spacial score (nSPS) is 10.5. The molecule has 0 bridgehead atoms. The molecule has 156 valence electrons. The Morgan fingerprint density at radius 1 is 1.03 bits per heavy atom. The maximum absolute atomic E-state index is 12.5. The molecule has 0 aliphatic rings. The topological polar surface area (TPSA) is 103 Å². The fourth-order valence-corrected chi connectivity index (χ4v) is 3.06. The molecule has 0 unspecified atom stereocenters. The van der Waals surface area contributed by atoms with Crippen LogP contribution in [0.3, 0.4) is 0 Å². The standard InChI is InChI=1S/C22H23N3O5/c1-14-11-20(15(2)25(14)12-19-5-4-10-29-19)22(28)30-13-21(27)24-18-8-6-17(7-9-18)23-16(3)26/h4-11H,12-13H2,1-3H3,(H,23,26)(H,24,27). The van der Waals surface area contributed by atoms with Gasteiger partial charge in [0.15, 0.2) is 6.61 Å². The minimum atomic E-state index is -0.565. The second kappa shape index (κ2) is 9.13. The van der Waals surface area contributed by atoms with Crippen molar-refractivity contribution in [1.29, 1.82) is 0 Å². The van der Waals surface area contributed by atoms with Gasteiger partial charge in [-0.05, 0) is 56.3 Å². The molecular formula is C22H23N3O5. The number of anilines is 2. The van der Waals surface area contributed by atoms with Crippen molar-refractivity contribution >= 4 is 29.2 Å². The van der Waals surface area contributed by atoms with Crippen LogP contribution in [0.1, 0.15) is 34.4 Å². The number of ether oxygens (including phenoxy) is 1. The van der Waals surface area contributed by atoms with E-state index in [1.807, 2.05) is 30.5 Å². The van der Waals surface area contributed by atoms with Gasteiger partial charge in [-0.1, -0.05) is 0 Å². The van der Waals surface area contributed by atoms with Crippen molar-refractivity contribution < 1.29 is 23.5 Å². The van der Waals surface area contributed by atoms with Crippen molar-refractivity contribution in [1.82, 2.24) is 4.57 Å². The highest BCUT2D eigenvalue weighted by molar-refractivity contribution is 5.96. The van der Waals surface area contributed by atoms with Crippen molar-refractivity contribution in [2.45, 2.75) is 27.3 Å². The molecule has 8 heteroatoms. The molecule has 0 radical (unpaired) electrons. The first-order valence-electron chi connectivity index (χ1n) is 9.37. The zero-order chi connectivity index (χ0) is 21.7. The SMILES string of the molecule is CC(=O)Nc1ccc(NC(=O)COC(=O)c2cc(C)n(Cc3ccco3)c2C)cc1. The average Bonchev–Trinajstić information content (AvgIpc) is 3.31. The number of nitrogens with one attached hydrogen (secondary N) is 2. The second-order valence-corrected chi connectivity index (χ2v) is 6.83. The number of esters is 1. The fourth-order valence-electron chi connectivity index (χ4n) is 3.06. The summed E-state index contributed by atoms with van der Waals surface area (Å²) in [5.74, 6) is -0.423. The monoisotopic (exact) mass is 409 g/mol. The number of benzene rings is 1. The van der Waals surface area contributed by atoms with Crippen molar-refractivity contribution in [2.24, 2.45) is 0 Å². The predicted octanol–water partition coefficient (Wildman–Crippen LogP) is 3.50. The number of rotatable bonds is 7. The van der Waals surface area contributed by atoms with Crippen LogP contribution in [-0.2, 0) is 20.9 Å². The number of aromatic nitrogens is 1. The molecule has 2 N–H and O–H groups in total. The first kappa shape index (κ1) is 20.9. The Morgan fingerprint density at radius 2 is 1.70 bits per heavy atom. The summed E-state index contributed by atoms with van der Waals surface area (Å²) in [6.45, 7) is 5.23. The molecule has 2 aromatic heterocycles. The minimum absolute atomic E-state index is 0.178. The van der Waals surface area contributed by atoms with Crippen LogP contribution in [-0.4, -0.2) is 29.0 Å². The van der Waals surface area contributed by atoms with Crippen LogP contribution in [0.2, 0.25) is 0 Å². The Labute approximate surface area is 173 Å². The van der Waals surface area contributed by atoms with Crippen molar-refractivity contribution in [3.05, 3.63) is 71.4 Å². The highest BCUT2D eigenvalue weighted by Gasteiger charge is 2.18. The van der Waals surface area contributed by atoms with E-state index in [0.29, 0.717) is 23.5 Å². The molecule has 0 aliphatic heterocycles. The van der Waals surface area contributed by atoms with E-state index >= 15 is 0 Å². The van der Waals surface area contributed by atoms with Gasteiger partial charge >= 0.3 is 5.97 Å². The molecular weight excluding hydrogens is 386 g/mol. The molecule has 0 aliphatic carbocycles. The third kappa shape index (κ3) is 5.16. The molecule has 0 spiro atoms. The van der Waals surface area contributed by atoms with Gasteiger partial charge in [0.05, 0.1) is 18.4 Å². The molecule has 3 rings (SSSR count). The summed E-state index contributed by atoms with van der Waals surface area (Å²) in [5.41, 5.74) is 3.19. The van der Waals surface area contributed by atoms with Gasteiger partial charge in [0, 0.05) is 29.7 Å². The Morgan fingerprint density at radius 3 is 2.30 bits per heavy atom. The highest BCUT2D eigenvalue weighted by atomic mass is 16.5. The summed E-state index contributed by atoms with van der Waals surface area (Å²) in [5, 5.41) is 5.28. The third-order valence-corrected chi connectivity index (χ3v) is 4.51. The van der Waals surface area contributed by atoms with E-state index in [4.69, 9.17) is 9.15 Å². The molecule has 3 aromatic rings. The first-order valence-corrected chi connectivity index (χ1v) is 9.37. The Kier molecular flexibility index (Phi) is 6.36. The summed E-state index contributed by atoms with van der Waals surface area (Å²) >= 11 is 0. The van der Waals surface area contributed by atoms with E-state index in [0.717, 1.165) is 17.1 Å². The summed E-state index contributed by atoms with van der Waals surface area (Å²) in [7, 11) is 0. The minimum Gasteiger partial charge on any atom is -0.467 e. The highest BCUT2D eigenvalue weighted by Crippen LogP contribution is 2.18. The maximum Gasteiger partial charge on any atom is 0.340 e. The van der Waals surface area contributed by atoms with E-state index in [1.165, 1.54) is 6.92 Å². The van der Waals surface area contributed by atoms with Gasteiger partial charge in [-0.25, -0.2) is 4.79 Å². The van der Waals surface area contributed by atoms with Gasteiger partial charge in [0.1, 0.15) is 5.76 Å². The zero-order valence-electron chi connectivity index (χ0n) is 17.0. The van der Waals surface area contributed by atoms with Crippen LogP contribution in [0.25, 0.3) is 0 Å². The second-order valence-electron chi connectivity index (χ2n) is 6.83. The lowest BCUT2D eigenvalue weighted by Gasteiger charge is -2.09. The lowest BCUT2D eigenvalue weighted by molar-refractivity contribution is -0.119. The number of hydrogen-bond donors (Lipinski definition) is 2. The van der Waals surface area contributed by atoms with Crippen LogP contribution in [0.15, 0.2) is 53.1 Å². The number of amides is 2. The molecule has 0 atom stereocenters. The zero-order valence-corrected chi connectivity index (χ0v) is 17.0. The number of carbonyl (C=O) groups is 3. The Balaban J connectivity index is 1.56. The van der Waals surface area contributed by atoms with E-state index in [2.05, 4.69) is 10.6 Å². The average molecular weight is 409 g/mol. The van der Waals surface area contributed by atoms with Gasteiger partial charge in [-0.15, -0.1) is 0 Å². The van der Waals surface area contributed by atoms with Crippen molar-refractivity contribution in [2.75, 3.05) is 17.2 Å². The Hall–Kier alpha value is -3.81. The third-order valence-electron chi connectivity index (χ3n) is 4.51. The van der Waals surface area contributed by atoms with Crippen LogP contribution in [0, 0.1) is 13.8 Å². The molecule has 0 saturated heterocycles. The smallest absolute Gasteiger partial charge is 0.340 e. The summed E-state index contributed by atoms with van der Waals surface area (Å²) in [4.78, 5) is 35.6. The van der Waals surface area contributed by atoms with Gasteiger partial charge < -0.3 is 24.4 Å². The van der Waals surface area contributed by atoms with E-state index in [1.54, 1.807) is 36.6 Å². The van der Waals surface area contributed by atoms with Crippen LogP contribution >= 0.6 is 0 Å². The largest absolute Gasteiger partial charge is 0.467 e. The number of aryl methyl sites for hydroxylation is 1. The van der Waals surface area contributed by atoms with Gasteiger partial charge in [-0.3, -0.25) is 9.59 Å². The van der Waals surface area contributed by atoms with Gasteiger partial charge in [0.25, 0.3) is 5.91 Å². The molecule has 0 saturated carbocycles. The van der Waals surface area contributed by atoms with E-state index in [-0.39, 0.29) is 5.91 Å². The fraction of sp³-hybridized carbons (Fsp3) is 0.227. The molecule has 1 aromatic carbocycles. The molecule has 0 fully saturated rings. The molecule has 2 heterocycles. The lowest BCUT2D eigenvalue weighted by Crippen LogP contribution is -2.21. The maximum atomic E-state index is 12.5. The Bertz CT molecular complexity index is 1050. The summed E-state index contributed by atoms with van der Waals surface area (Å²) in [6, 6.07) is 12.0. The number of furan rings is 1. The van der Waals surface area contributed by atoms with Gasteiger partial charge in [0.2, 0.25) is 5.91 Å². The van der Waals surface area contributed by atoms with Crippen molar-refractivity contribution in [3.8, 4) is 0 Å². The van der Waals surface area contributed by atoms with Crippen LogP contribution in [0.4, 0.5) is 11.4 Å². The summed E-state index contributed by atoms with van der Waals surface area (Å²) < 4.78 is 12.5. The molecule has 2 amide bonds. The quantitative estimate of drug-likeness (QED) is 0.582. The number of hydrogen-bond acceptors (Lipinski definition) is 5. The molecule has 30 heavy (non-hydrogen) atoms. The lowest BCUT2D eigenvalue weighted by atomic mass is 10.2. The van der Waals surface area contributed by atoms with Crippen molar-refractivity contribution in [3.63, 3.8) is 0 Å². The van der Waals surface area contributed by atoms with Crippen LogP contribution < -0.4 is 10.6 Å². The van der Waals surface area contributed by atoms with E-state index < -0.39 is 18.5 Å². The van der Waals surface area contributed by atoms with Gasteiger partial charge in [-0.2, -0.15) is 0 Å².